The lowest BCUT2D eigenvalue weighted by Gasteiger charge is -2.16. The van der Waals surface area contributed by atoms with Crippen molar-refractivity contribution in [3.05, 3.63) is 71.3 Å². The van der Waals surface area contributed by atoms with E-state index in [2.05, 4.69) is 77.5 Å². The largest absolute Gasteiger partial charge is 0.493 e. The van der Waals surface area contributed by atoms with Crippen molar-refractivity contribution < 1.29 is 9.47 Å². The van der Waals surface area contributed by atoms with E-state index < -0.39 is 0 Å². The zero-order valence-electron chi connectivity index (χ0n) is 17.7. The van der Waals surface area contributed by atoms with Crippen molar-refractivity contribution in [2.75, 3.05) is 38.8 Å². The zero-order valence-corrected chi connectivity index (χ0v) is 18.5. The first kappa shape index (κ1) is 20.8. The fourth-order valence-electron chi connectivity index (χ4n) is 3.50. The van der Waals surface area contributed by atoms with Crippen molar-refractivity contribution in [1.82, 2.24) is 9.88 Å². The van der Waals surface area contributed by atoms with Crippen LogP contribution in [0.5, 0.6) is 0 Å². The summed E-state index contributed by atoms with van der Waals surface area (Å²) in [6, 6.07) is 8.54. The van der Waals surface area contributed by atoms with Gasteiger partial charge in [0.1, 0.15) is 11.5 Å². The van der Waals surface area contributed by atoms with Gasteiger partial charge in [-0.1, -0.05) is 12.1 Å². The van der Waals surface area contributed by atoms with Crippen molar-refractivity contribution in [3.63, 3.8) is 0 Å². The quantitative estimate of drug-likeness (QED) is 0.585. The first-order valence-electron chi connectivity index (χ1n) is 10.4. The number of hydrogen-bond acceptors (Lipinski definition) is 5. The molecule has 0 fully saturated rings. The molecule has 1 N–H and O–H groups in total. The standard InChI is InChI=1S/C24H29N3O2S/c1-27(2)16-20-14-18-8-9-19(15-23(18)26-20)24-25-11-10-22(29-24)17-30-13-12-28-21-6-4-3-5-7-21/h4,6-10,14-15,26H,3,5,11-13,16-17H2,1-2H3. The zero-order chi connectivity index (χ0) is 20.8. The van der Waals surface area contributed by atoms with E-state index in [9.17, 15) is 0 Å². The number of thioether (sulfide) groups is 1. The Labute approximate surface area is 182 Å². The summed E-state index contributed by atoms with van der Waals surface area (Å²) >= 11 is 1.82. The number of allylic oxidation sites excluding steroid dienone is 3. The first-order valence-corrected chi connectivity index (χ1v) is 11.6. The van der Waals surface area contributed by atoms with Crippen LogP contribution in [0.15, 0.2) is 65.1 Å². The summed E-state index contributed by atoms with van der Waals surface area (Å²) in [7, 11) is 4.15. The van der Waals surface area contributed by atoms with E-state index in [1.807, 2.05) is 11.8 Å². The third-order valence-electron chi connectivity index (χ3n) is 4.90. The number of nitrogens with zero attached hydrogens (tertiary/aromatic N) is 2. The lowest BCUT2D eigenvalue weighted by Crippen LogP contribution is -2.13. The minimum Gasteiger partial charge on any atom is -0.493 e. The molecule has 2 heterocycles. The Kier molecular flexibility index (Phi) is 6.97. The maximum atomic E-state index is 6.09. The van der Waals surface area contributed by atoms with Crippen molar-refractivity contribution in [3.8, 4) is 0 Å². The molecule has 4 rings (SSSR count). The van der Waals surface area contributed by atoms with Gasteiger partial charge >= 0.3 is 0 Å². The number of nitrogens with one attached hydrogen (secondary N) is 1. The average Bonchev–Trinajstić information content (AvgIpc) is 3.15. The molecule has 0 saturated carbocycles. The maximum Gasteiger partial charge on any atom is 0.221 e. The average molecular weight is 424 g/mol. The number of hydrogen-bond donors (Lipinski definition) is 1. The van der Waals surface area contributed by atoms with Crippen molar-refractivity contribution >= 4 is 28.6 Å². The minimum absolute atomic E-state index is 0.661. The number of aliphatic imine (C=N–C) groups is 1. The molecule has 2 aromatic rings. The van der Waals surface area contributed by atoms with Gasteiger partial charge in [-0.25, -0.2) is 4.99 Å². The lowest BCUT2D eigenvalue weighted by atomic mass is 10.1. The maximum absolute atomic E-state index is 6.09. The van der Waals surface area contributed by atoms with Crippen LogP contribution in [-0.2, 0) is 16.0 Å². The number of benzene rings is 1. The Morgan fingerprint density at radius 1 is 1.20 bits per heavy atom. The molecule has 2 aliphatic rings. The molecule has 0 amide bonds. The number of ether oxygens (including phenoxy) is 2. The monoisotopic (exact) mass is 423 g/mol. The van der Waals surface area contributed by atoms with Crippen LogP contribution in [0.2, 0.25) is 0 Å². The van der Waals surface area contributed by atoms with E-state index in [4.69, 9.17) is 9.47 Å². The molecule has 0 radical (unpaired) electrons. The molecule has 0 atom stereocenters. The molecule has 1 aliphatic carbocycles. The van der Waals surface area contributed by atoms with E-state index in [-0.39, 0.29) is 0 Å². The van der Waals surface area contributed by atoms with E-state index in [1.165, 1.54) is 11.1 Å². The SMILES string of the molecule is CN(C)Cc1cc2ccc(C3=NCC=C(CSCCOC4=CCCC=C4)O3)cc2[nH]1. The molecule has 5 nitrogen and oxygen atoms in total. The van der Waals surface area contributed by atoms with Crippen LogP contribution >= 0.6 is 11.8 Å². The molecule has 158 valence electrons. The Bertz CT molecular complexity index is 1000. The van der Waals surface area contributed by atoms with Crippen LogP contribution in [-0.4, -0.2) is 54.5 Å². The Morgan fingerprint density at radius 2 is 2.13 bits per heavy atom. The van der Waals surface area contributed by atoms with Crippen LogP contribution in [0.25, 0.3) is 10.9 Å². The van der Waals surface area contributed by atoms with Crippen molar-refractivity contribution in [2.24, 2.45) is 4.99 Å². The number of fused-ring (bicyclic) bond motifs is 1. The Balaban J connectivity index is 1.28. The summed E-state index contributed by atoms with van der Waals surface area (Å²) < 4.78 is 11.9. The second-order valence-electron chi connectivity index (χ2n) is 7.74. The number of rotatable bonds is 9. The lowest BCUT2D eigenvalue weighted by molar-refractivity contribution is 0.243. The first-order chi connectivity index (χ1) is 14.7. The summed E-state index contributed by atoms with van der Waals surface area (Å²) in [5.74, 6) is 4.43. The molecule has 1 aliphatic heterocycles. The molecule has 0 bridgehead atoms. The molecule has 30 heavy (non-hydrogen) atoms. The molecule has 6 heteroatoms. The molecule has 1 aromatic carbocycles. The number of aromatic amines is 1. The molecule has 0 unspecified atom stereocenters. The van der Waals surface area contributed by atoms with Crippen LogP contribution in [0.1, 0.15) is 24.1 Å². The molecular weight excluding hydrogens is 394 g/mol. The highest BCUT2D eigenvalue weighted by Crippen LogP contribution is 2.22. The summed E-state index contributed by atoms with van der Waals surface area (Å²) in [6.45, 7) is 2.27. The van der Waals surface area contributed by atoms with Gasteiger partial charge in [-0.15, -0.1) is 0 Å². The van der Waals surface area contributed by atoms with Crippen molar-refractivity contribution in [2.45, 2.75) is 19.4 Å². The van der Waals surface area contributed by atoms with E-state index in [0.717, 1.165) is 53.5 Å². The summed E-state index contributed by atoms with van der Waals surface area (Å²) in [4.78, 5) is 10.2. The highest BCUT2D eigenvalue weighted by Gasteiger charge is 2.14. The normalized spacial score (nSPS) is 16.3. The van der Waals surface area contributed by atoms with Gasteiger partial charge in [0.15, 0.2) is 0 Å². The highest BCUT2D eigenvalue weighted by atomic mass is 32.2. The Hall–Kier alpha value is -2.44. The van der Waals surface area contributed by atoms with Crippen molar-refractivity contribution in [1.29, 1.82) is 0 Å². The van der Waals surface area contributed by atoms with E-state index in [1.54, 1.807) is 0 Å². The van der Waals surface area contributed by atoms with Gasteiger partial charge in [-0.2, -0.15) is 11.8 Å². The smallest absolute Gasteiger partial charge is 0.221 e. The van der Waals surface area contributed by atoms with Crippen LogP contribution in [0.3, 0.4) is 0 Å². The predicted molar refractivity (Wildman–Crippen MR) is 126 cm³/mol. The fourth-order valence-corrected chi connectivity index (χ4v) is 4.22. The van der Waals surface area contributed by atoms with Crippen LogP contribution < -0.4 is 0 Å². The third kappa shape index (κ3) is 5.58. The molecule has 0 saturated heterocycles. The minimum atomic E-state index is 0.661. The molecule has 0 spiro atoms. The second-order valence-corrected chi connectivity index (χ2v) is 8.85. The molecular formula is C24H29N3O2S. The summed E-state index contributed by atoms with van der Waals surface area (Å²) in [5, 5.41) is 1.21. The summed E-state index contributed by atoms with van der Waals surface area (Å²) in [5.41, 5.74) is 3.33. The van der Waals surface area contributed by atoms with E-state index in [0.29, 0.717) is 19.0 Å². The Morgan fingerprint density at radius 3 is 2.97 bits per heavy atom. The van der Waals surface area contributed by atoms with Gasteiger partial charge in [0.05, 0.1) is 18.9 Å². The topological polar surface area (TPSA) is 49.9 Å². The number of aromatic nitrogens is 1. The second kappa shape index (κ2) is 10.0. The van der Waals surface area contributed by atoms with Gasteiger partial charge in [-0.3, -0.25) is 0 Å². The van der Waals surface area contributed by atoms with Gasteiger partial charge in [0.25, 0.3) is 0 Å². The van der Waals surface area contributed by atoms with Gasteiger partial charge in [0, 0.05) is 29.1 Å². The van der Waals surface area contributed by atoms with Gasteiger partial charge in [-0.05, 0) is 68.8 Å². The number of H-pyrrole nitrogens is 1. The van der Waals surface area contributed by atoms with Gasteiger partial charge in [0.2, 0.25) is 5.90 Å². The van der Waals surface area contributed by atoms with Crippen LogP contribution in [0.4, 0.5) is 0 Å². The van der Waals surface area contributed by atoms with Crippen LogP contribution in [0, 0.1) is 0 Å². The van der Waals surface area contributed by atoms with Gasteiger partial charge < -0.3 is 19.4 Å². The fraction of sp³-hybridized carbons (Fsp3) is 0.375. The third-order valence-corrected chi connectivity index (χ3v) is 5.84. The summed E-state index contributed by atoms with van der Waals surface area (Å²) in [6.07, 6.45) is 10.6. The predicted octanol–water partition coefficient (Wildman–Crippen LogP) is 4.87. The molecule has 1 aromatic heterocycles. The van der Waals surface area contributed by atoms with E-state index >= 15 is 0 Å². The highest BCUT2D eigenvalue weighted by molar-refractivity contribution is 7.99.